The number of rotatable bonds is 6. The SMILES string of the molecule is CS(=O)(=O)c1cccc(NCC(=O)Nc2ccccc2-c2ccccc2)c1. The van der Waals surface area contributed by atoms with Gasteiger partial charge in [0.2, 0.25) is 5.91 Å². The molecule has 1 amide bonds. The van der Waals surface area contributed by atoms with E-state index < -0.39 is 9.84 Å². The Kier molecular flexibility index (Phi) is 5.57. The van der Waals surface area contributed by atoms with Gasteiger partial charge in [-0.2, -0.15) is 0 Å². The van der Waals surface area contributed by atoms with Crippen LogP contribution in [0.2, 0.25) is 0 Å². The van der Waals surface area contributed by atoms with Crippen molar-refractivity contribution in [3.63, 3.8) is 0 Å². The van der Waals surface area contributed by atoms with Gasteiger partial charge in [0, 0.05) is 23.2 Å². The van der Waals surface area contributed by atoms with E-state index >= 15 is 0 Å². The summed E-state index contributed by atoms with van der Waals surface area (Å²) in [5.74, 6) is -0.219. The highest BCUT2D eigenvalue weighted by Crippen LogP contribution is 2.27. The molecule has 0 radical (unpaired) electrons. The minimum absolute atomic E-state index is 0.0241. The van der Waals surface area contributed by atoms with Crippen LogP contribution in [-0.4, -0.2) is 27.1 Å². The van der Waals surface area contributed by atoms with Crippen molar-refractivity contribution in [3.05, 3.63) is 78.9 Å². The van der Waals surface area contributed by atoms with Crippen molar-refractivity contribution in [2.75, 3.05) is 23.4 Å². The van der Waals surface area contributed by atoms with Crippen molar-refractivity contribution in [1.29, 1.82) is 0 Å². The number of carbonyl (C=O) groups is 1. The zero-order chi connectivity index (χ0) is 19.3. The summed E-state index contributed by atoms with van der Waals surface area (Å²) in [7, 11) is -3.29. The summed E-state index contributed by atoms with van der Waals surface area (Å²) >= 11 is 0. The fourth-order valence-corrected chi connectivity index (χ4v) is 3.34. The molecule has 0 saturated heterocycles. The van der Waals surface area contributed by atoms with Crippen LogP contribution in [0.5, 0.6) is 0 Å². The third-order valence-corrected chi connectivity index (χ3v) is 5.11. The van der Waals surface area contributed by atoms with Gasteiger partial charge >= 0.3 is 0 Å². The molecule has 0 spiro atoms. The van der Waals surface area contributed by atoms with Crippen LogP contribution in [0.4, 0.5) is 11.4 Å². The second-order valence-electron chi connectivity index (χ2n) is 6.11. The van der Waals surface area contributed by atoms with Gasteiger partial charge in [-0.1, -0.05) is 54.6 Å². The standard InChI is InChI=1S/C21H20N2O3S/c1-27(25,26)18-11-7-10-17(14-18)22-15-21(24)23-20-13-6-5-12-19(20)16-8-3-2-4-9-16/h2-14,22H,15H2,1H3,(H,23,24). The molecular weight excluding hydrogens is 360 g/mol. The third-order valence-electron chi connectivity index (χ3n) is 4.00. The minimum Gasteiger partial charge on any atom is -0.376 e. The van der Waals surface area contributed by atoms with E-state index in [1.165, 1.54) is 12.1 Å². The number of sulfone groups is 1. The van der Waals surface area contributed by atoms with E-state index in [0.717, 1.165) is 23.1 Å². The summed E-state index contributed by atoms with van der Waals surface area (Å²) < 4.78 is 23.3. The number of para-hydroxylation sites is 1. The fraction of sp³-hybridized carbons (Fsp3) is 0.0952. The van der Waals surface area contributed by atoms with E-state index in [1.54, 1.807) is 12.1 Å². The van der Waals surface area contributed by atoms with Gasteiger partial charge in [-0.3, -0.25) is 4.79 Å². The van der Waals surface area contributed by atoms with E-state index in [-0.39, 0.29) is 17.3 Å². The molecule has 6 heteroatoms. The Balaban J connectivity index is 1.69. The predicted molar refractivity (Wildman–Crippen MR) is 109 cm³/mol. The second kappa shape index (κ2) is 8.05. The molecule has 27 heavy (non-hydrogen) atoms. The summed E-state index contributed by atoms with van der Waals surface area (Å²) in [5, 5.41) is 5.86. The van der Waals surface area contributed by atoms with Crippen LogP contribution in [0.15, 0.2) is 83.8 Å². The molecule has 0 aliphatic rings. The number of nitrogens with one attached hydrogen (secondary N) is 2. The number of amides is 1. The van der Waals surface area contributed by atoms with Crippen LogP contribution in [0.1, 0.15) is 0 Å². The summed E-state index contributed by atoms with van der Waals surface area (Å²) in [5.41, 5.74) is 3.25. The fourth-order valence-electron chi connectivity index (χ4n) is 2.67. The van der Waals surface area contributed by atoms with Crippen LogP contribution >= 0.6 is 0 Å². The van der Waals surface area contributed by atoms with Crippen molar-refractivity contribution >= 4 is 27.1 Å². The Hall–Kier alpha value is -3.12. The maximum atomic E-state index is 12.4. The van der Waals surface area contributed by atoms with E-state index in [9.17, 15) is 13.2 Å². The third kappa shape index (κ3) is 4.95. The molecule has 3 aromatic rings. The summed E-state index contributed by atoms with van der Waals surface area (Å²) in [4.78, 5) is 12.6. The average Bonchev–Trinajstić information content (AvgIpc) is 2.67. The Morgan fingerprint density at radius 2 is 1.59 bits per heavy atom. The summed E-state index contributed by atoms with van der Waals surface area (Å²) in [6, 6.07) is 23.8. The molecule has 0 heterocycles. The molecule has 5 nitrogen and oxygen atoms in total. The van der Waals surface area contributed by atoms with Crippen LogP contribution in [-0.2, 0) is 14.6 Å². The van der Waals surface area contributed by atoms with Gasteiger partial charge in [0.05, 0.1) is 11.4 Å². The molecule has 0 fully saturated rings. The zero-order valence-corrected chi connectivity index (χ0v) is 15.7. The highest BCUT2D eigenvalue weighted by atomic mass is 32.2. The lowest BCUT2D eigenvalue weighted by Crippen LogP contribution is -2.22. The highest BCUT2D eigenvalue weighted by molar-refractivity contribution is 7.90. The van der Waals surface area contributed by atoms with Gasteiger partial charge in [-0.15, -0.1) is 0 Å². The lowest BCUT2D eigenvalue weighted by molar-refractivity contribution is -0.114. The Morgan fingerprint density at radius 1 is 0.889 bits per heavy atom. The van der Waals surface area contributed by atoms with Crippen molar-refractivity contribution in [2.24, 2.45) is 0 Å². The van der Waals surface area contributed by atoms with Gasteiger partial charge in [-0.05, 0) is 29.8 Å². The molecule has 138 valence electrons. The quantitative estimate of drug-likeness (QED) is 0.682. The first-order valence-corrected chi connectivity index (χ1v) is 10.3. The number of benzene rings is 3. The van der Waals surface area contributed by atoms with E-state index in [0.29, 0.717) is 5.69 Å². The normalized spacial score (nSPS) is 11.0. The zero-order valence-electron chi connectivity index (χ0n) is 14.8. The van der Waals surface area contributed by atoms with E-state index in [4.69, 9.17) is 0 Å². The second-order valence-corrected chi connectivity index (χ2v) is 8.13. The van der Waals surface area contributed by atoms with Crippen molar-refractivity contribution in [3.8, 4) is 11.1 Å². The van der Waals surface area contributed by atoms with E-state index in [2.05, 4.69) is 10.6 Å². The molecule has 0 unspecified atom stereocenters. The first-order chi connectivity index (χ1) is 12.9. The number of hydrogen-bond acceptors (Lipinski definition) is 4. The first-order valence-electron chi connectivity index (χ1n) is 8.42. The van der Waals surface area contributed by atoms with Gasteiger partial charge in [0.1, 0.15) is 0 Å². The number of anilines is 2. The molecule has 0 atom stereocenters. The molecule has 3 rings (SSSR count). The molecule has 0 aromatic heterocycles. The molecule has 0 saturated carbocycles. The lowest BCUT2D eigenvalue weighted by atomic mass is 10.0. The van der Waals surface area contributed by atoms with Crippen LogP contribution in [0.3, 0.4) is 0 Å². The maximum absolute atomic E-state index is 12.4. The summed E-state index contributed by atoms with van der Waals surface area (Å²) in [6.07, 6.45) is 1.15. The molecule has 3 aromatic carbocycles. The lowest BCUT2D eigenvalue weighted by Gasteiger charge is -2.12. The van der Waals surface area contributed by atoms with Crippen LogP contribution in [0, 0.1) is 0 Å². The topological polar surface area (TPSA) is 75.3 Å². The molecule has 0 bridgehead atoms. The van der Waals surface area contributed by atoms with Crippen LogP contribution in [0.25, 0.3) is 11.1 Å². The van der Waals surface area contributed by atoms with Gasteiger partial charge < -0.3 is 10.6 Å². The Bertz CT molecular complexity index is 1050. The number of carbonyl (C=O) groups excluding carboxylic acids is 1. The van der Waals surface area contributed by atoms with E-state index in [1.807, 2.05) is 54.6 Å². The average molecular weight is 380 g/mol. The first kappa shape index (κ1) is 18.7. The van der Waals surface area contributed by atoms with Crippen molar-refractivity contribution < 1.29 is 13.2 Å². The molecule has 0 aliphatic heterocycles. The smallest absolute Gasteiger partial charge is 0.243 e. The van der Waals surface area contributed by atoms with Gasteiger partial charge in [0.15, 0.2) is 9.84 Å². The molecule has 0 aliphatic carbocycles. The Morgan fingerprint density at radius 3 is 2.33 bits per heavy atom. The Labute approximate surface area is 159 Å². The maximum Gasteiger partial charge on any atom is 0.243 e. The summed E-state index contributed by atoms with van der Waals surface area (Å²) in [6.45, 7) is 0.0241. The number of hydrogen-bond donors (Lipinski definition) is 2. The largest absolute Gasteiger partial charge is 0.376 e. The van der Waals surface area contributed by atoms with Gasteiger partial charge in [-0.25, -0.2) is 8.42 Å². The highest BCUT2D eigenvalue weighted by Gasteiger charge is 2.10. The van der Waals surface area contributed by atoms with Crippen LogP contribution < -0.4 is 10.6 Å². The predicted octanol–water partition coefficient (Wildman–Crippen LogP) is 3.81. The van der Waals surface area contributed by atoms with Crippen molar-refractivity contribution in [2.45, 2.75) is 4.90 Å². The molecule has 2 N–H and O–H groups in total. The molecular formula is C21H20N2O3S. The van der Waals surface area contributed by atoms with Crippen molar-refractivity contribution in [1.82, 2.24) is 0 Å². The minimum atomic E-state index is -3.29. The van der Waals surface area contributed by atoms with Gasteiger partial charge in [0.25, 0.3) is 0 Å². The monoisotopic (exact) mass is 380 g/mol.